The Morgan fingerprint density at radius 1 is 1.03 bits per heavy atom. The third-order valence-electron chi connectivity index (χ3n) is 5.27. The lowest BCUT2D eigenvalue weighted by atomic mass is 10.1. The molecule has 1 aromatic carbocycles. The normalized spacial score (nSPS) is 12.9. The molecular formula is C22H19N7O3S. The van der Waals surface area contributed by atoms with Gasteiger partial charge in [0.1, 0.15) is 18.7 Å². The van der Waals surface area contributed by atoms with E-state index in [4.69, 9.17) is 0 Å². The minimum atomic E-state index is -0.455. The highest BCUT2D eigenvalue weighted by molar-refractivity contribution is 7.09. The molecule has 0 atom stereocenters. The van der Waals surface area contributed by atoms with Gasteiger partial charge in [-0.15, -0.1) is 11.3 Å². The lowest BCUT2D eigenvalue weighted by Gasteiger charge is -2.13. The molecule has 1 aliphatic rings. The number of hydrogen-bond donors (Lipinski definition) is 2. The Morgan fingerprint density at radius 3 is 2.55 bits per heavy atom. The Kier molecular flexibility index (Phi) is 5.53. The Hall–Kier alpha value is -4.12. The predicted octanol–water partition coefficient (Wildman–Crippen LogP) is 1.91. The molecule has 2 N–H and O–H groups in total. The van der Waals surface area contributed by atoms with E-state index < -0.39 is 17.7 Å². The van der Waals surface area contributed by atoms with Crippen LogP contribution in [0.4, 0.5) is 5.82 Å². The van der Waals surface area contributed by atoms with Gasteiger partial charge in [-0.1, -0.05) is 18.2 Å². The number of anilines is 1. The van der Waals surface area contributed by atoms with Crippen LogP contribution in [0.5, 0.6) is 0 Å². The van der Waals surface area contributed by atoms with Crippen molar-refractivity contribution < 1.29 is 14.4 Å². The highest BCUT2D eigenvalue weighted by atomic mass is 32.1. The summed E-state index contributed by atoms with van der Waals surface area (Å²) in [6.45, 7) is 0.966. The summed E-state index contributed by atoms with van der Waals surface area (Å²) >= 11 is 1.66. The van der Waals surface area contributed by atoms with Crippen molar-refractivity contribution in [2.24, 2.45) is 0 Å². The van der Waals surface area contributed by atoms with Crippen molar-refractivity contribution in [3.8, 4) is 0 Å². The molecule has 0 saturated heterocycles. The van der Waals surface area contributed by atoms with Gasteiger partial charge in [0.25, 0.3) is 11.8 Å². The zero-order valence-corrected chi connectivity index (χ0v) is 18.2. The molecule has 10 nitrogen and oxygen atoms in total. The minimum absolute atomic E-state index is 0.265. The van der Waals surface area contributed by atoms with Gasteiger partial charge in [0.05, 0.1) is 35.8 Å². The monoisotopic (exact) mass is 461 g/mol. The van der Waals surface area contributed by atoms with E-state index in [2.05, 4.69) is 25.7 Å². The van der Waals surface area contributed by atoms with Crippen LogP contribution in [0.15, 0.2) is 54.3 Å². The van der Waals surface area contributed by atoms with Crippen molar-refractivity contribution in [1.82, 2.24) is 30.0 Å². The first-order valence-corrected chi connectivity index (χ1v) is 11.1. The third kappa shape index (κ3) is 4.05. The summed E-state index contributed by atoms with van der Waals surface area (Å²) in [6.07, 6.45) is 3.16. The zero-order chi connectivity index (χ0) is 22.8. The van der Waals surface area contributed by atoms with Gasteiger partial charge in [-0.05, 0) is 23.6 Å². The van der Waals surface area contributed by atoms with Crippen LogP contribution in [0.2, 0.25) is 0 Å². The maximum Gasteiger partial charge on any atom is 0.262 e. The molecule has 33 heavy (non-hydrogen) atoms. The first-order valence-electron chi connectivity index (χ1n) is 10.3. The predicted molar refractivity (Wildman–Crippen MR) is 122 cm³/mol. The fourth-order valence-corrected chi connectivity index (χ4v) is 4.31. The first kappa shape index (κ1) is 20.8. The Morgan fingerprint density at radius 2 is 1.82 bits per heavy atom. The molecule has 4 heterocycles. The minimum Gasteiger partial charge on any atom is -0.364 e. The smallest absolute Gasteiger partial charge is 0.262 e. The molecule has 0 saturated carbocycles. The molecular weight excluding hydrogens is 442 g/mol. The number of hydrogen-bond acceptors (Lipinski definition) is 8. The standard InChI is InChI=1S/C22H19N7O3S/c30-18(12-28-21(31)15-5-1-2-6-16(15)22(28)32)23-7-8-29-20-17(11-27-29)19(25-13-26-20)24-10-14-4-3-9-33-14/h1-6,9,11,13H,7-8,10,12H2,(H,23,30)(H,24,25,26). The van der Waals surface area contributed by atoms with Crippen LogP contribution in [0.25, 0.3) is 11.0 Å². The van der Waals surface area contributed by atoms with E-state index in [-0.39, 0.29) is 13.1 Å². The van der Waals surface area contributed by atoms with Crippen LogP contribution in [0, 0.1) is 0 Å². The summed E-state index contributed by atoms with van der Waals surface area (Å²) in [6, 6.07) is 10.6. The van der Waals surface area contributed by atoms with Crippen molar-refractivity contribution in [2.75, 3.05) is 18.4 Å². The second kappa shape index (κ2) is 8.79. The summed E-state index contributed by atoms with van der Waals surface area (Å²) < 4.78 is 1.68. The van der Waals surface area contributed by atoms with Crippen LogP contribution < -0.4 is 10.6 Å². The second-order valence-electron chi connectivity index (χ2n) is 7.35. The summed E-state index contributed by atoms with van der Waals surface area (Å²) in [4.78, 5) is 47.9. The number of carbonyl (C=O) groups is 3. The van der Waals surface area contributed by atoms with Crippen LogP contribution in [0.3, 0.4) is 0 Å². The van der Waals surface area contributed by atoms with E-state index in [1.807, 2.05) is 17.5 Å². The van der Waals surface area contributed by atoms with E-state index in [1.54, 1.807) is 46.5 Å². The maximum absolute atomic E-state index is 12.4. The lowest BCUT2D eigenvalue weighted by molar-refractivity contribution is -0.121. The van der Waals surface area contributed by atoms with Gasteiger partial charge in [0.15, 0.2) is 5.65 Å². The highest BCUT2D eigenvalue weighted by Crippen LogP contribution is 2.22. The molecule has 0 bridgehead atoms. The van der Waals surface area contributed by atoms with E-state index in [0.29, 0.717) is 35.7 Å². The zero-order valence-electron chi connectivity index (χ0n) is 17.4. The highest BCUT2D eigenvalue weighted by Gasteiger charge is 2.36. The molecule has 3 aromatic heterocycles. The molecule has 4 aromatic rings. The lowest BCUT2D eigenvalue weighted by Crippen LogP contribution is -2.41. The number of carbonyl (C=O) groups excluding carboxylic acids is 3. The molecule has 1 aliphatic heterocycles. The first-order chi connectivity index (χ1) is 16.1. The number of aromatic nitrogens is 4. The molecule has 0 fully saturated rings. The molecule has 0 spiro atoms. The Labute approximate surface area is 192 Å². The van der Waals surface area contributed by atoms with E-state index in [0.717, 1.165) is 10.3 Å². The largest absolute Gasteiger partial charge is 0.364 e. The number of nitrogens with one attached hydrogen (secondary N) is 2. The van der Waals surface area contributed by atoms with Gasteiger partial charge < -0.3 is 10.6 Å². The average Bonchev–Trinajstić information content (AvgIpc) is 3.55. The number of rotatable bonds is 8. The summed E-state index contributed by atoms with van der Waals surface area (Å²) in [5.41, 5.74) is 1.29. The number of amides is 3. The number of nitrogens with zero attached hydrogens (tertiary/aromatic N) is 5. The van der Waals surface area contributed by atoms with Crippen molar-refractivity contribution >= 4 is 45.9 Å². The van der Waals surface area contributed by atoms with Crippen molar-refractivity contribution in [3.63, 3.8) is 0 Å². The summed E-state index contributed by atoms with van der Waals surface area (Å²) in [5, 5.41) is 13.2. The fraction of sp³-hybridized carbons (Fsp3) is 0.182. The van der Waals surface area contributed by atoms with Gasteiger partial charge in [-0.25, -0.2) is 14.6 Å². The quantitative estimate of drug-likeness (QED) is 0.384. The molecule has 166 valence electrons. The SMILES string of the molecule is O=C(CN1C(=O)c2ccccc2C1=O)NCCn1ncc2c(NCc3cccs3)ncnc21. The molecule has 0 radical (unpaired) electrons. The van der Waals surface area contributed by atoms with Crippen molar-refractivity contribution in [2.45, 2.75) is 13.1 Å². The van der Waals surface area contributed by atoms with E-state index in [9.17, 15) is 14.4 Å². The fourth-order valence-electron chi connectivity index (χ4n) is 3.66. The van der Waals surface area contributed by atoms with Gasteiger partial charge >= 0.3 is 0 Å². The summed E-state index contributed by atoms with van der Waals surface area (Å²) in [5.74, 6) is -0.644. The molecule has 3 amide bonds. The average molecular weight is 462 g/mol. The summed E-state index contributed by atoms with van der Waals surface area (Å²) in [7, 11) is 0. The maximum atomic E-state index is 12.4. The van der Waals surface area contributed by atoms with Crippen LogP contribution in [0.1, 0.15) is 25.6 Å². The Balaban J connectivity index is 1.18. The topological polar surface area (TPSA) is 122 Å². The number of fused-ring (bicyclic) bond motifs is 2. The number of thiophene rings is 1. The van der Waals surface area contributed by atoms with Crippen LogP contribution >= 0.6 is 11.3 Å². The van der Waals surface area contributed by atoms with Gasteiger partial charge in [-0.2, -0.15) is 5.10 Å². The Bertz CT molecular complexity index is 1310. The number of benzene rings is 1. The van der Waals surface area contributed by atoms with Gasteiger partial charge in [0.2, 0.25) is 5.91 Å². The van der Waals surface area contributed by atoms with E-state index in [1.165, 1.54) is 11.2 Å². The molecule has 5 rings (SSSR count). The molecule has 11 heteroatoms. The number of imide groups is 1. The molecule has 0 unspecified atom stereocenters. The van der Waals surface area contributed by atoms with Crippen molar-refractivity contribution in [3.05, 3.63) is 70.3 Å². The van der Waals surface area contributed by atoms with Crippen LogP contribution in [-0.4, -0.2) is 55.5 Å². The molecule has 0 aliphatic carbocycles. The van der Waals surface area contributed by atoms with Gasteiger partial charge in [-0.3, -0.25) is 19.3 Å². The van der Waals surface area contributed by atoms with Crippen LogP contribution in [-0.2, 0) is 17.9 Å². The second-order valence-corrected chi connectivity index (χ2v) is 8.38. The van der Waals surface area contributed by atoms with Gasteiger partial charge in [0, 0.05) is 11.4 Å². The van der Waals surface area contributed by atoms with E-state index >= 15 is 0 Å². The van der Waals surface area contributed by atoms with Crippen molar-refractivity contribution in [1.29, 1.82) is 0 Å². The third-order valence-corrected chi connectivity index (χ3v) is 6.15.